The zero-order chi connectivity index (χ0) is 43.0. The van der Waals surface area contributed by atoms with Crippen molar-refractivity contribution in [2.45, 2.75) is 220 Å². The van der Waals surface area contributed by atoms with Gasteiger partial charge in [0.2, 0.25) is 0 Å². The van der Waals surface area contributed by atoms with Gasteiger partial charge < -0.3 is 20.4 Å². The van der Waals surface area contributed by atoms with Gasteiger partial charge in [-0.3, -0.25) is 0 Å². The molecule has 0 aromatic heterocycles. The highest BCUT2D eigenvalue weighted by molar-refractivity contribution is 6.03. The van der Waals surface area contributed by atoms with E-state index in [4.69, 9.17) is 0 Å². The van der Waals surface area contributed by atoms with Crippen molar-refractivity contribution in [3.8, 4) is 0 Å². The zero-order valence-electron chi connectivity index (χ0n) is 36.9. The monoisotopic (exact) mass is 809 g/mol. The quantitative estimate of drug-likeness (QED) is 0.0511. The Morgan fingerprint density at radius 2 is 0.569 bits per heavy atom. The molecule has 8 nitrogen and oxygen atoms in total. The molecule has 0 saturated carbocycles. The van der Waals surface area contributed by atoms with E-state index < -0.39 is 23.9 Å². The van der Waals surface area contributed by atoms with Crippen molar-refractivity contribution in [2.24, 2.45) is 0 Å². The number of unbranched alkanes of at least 4 members (excludes halogenated alkanes) is 22. The Morgan fingerprint density at radius 3 is 0.810 bits per heavy atom. The third-order valence-corrected chi connectivity index (χ3v) is 11.4. The third kappa shape index (κ3) is 21.4. The normalized spacial score (nSPS) is 11.0. The number of aromatic carboxylic acids is 4. The van der Waals surface area contributed by atoms with Gasteiger partial charge in [-0.15, -0.1) is 0 Å². The molecule has 0 atom stereocenters. The molecule has 0 fully saturated rings. The van der Waals surface area contributed by atoms with Crippen molar-refractivity contribution >= 4 is 23.9 Å². The molecule has 0 bridgehead atoms. The molecule has 0 aliphatic heterocycles. The third-order valence-electron chi connectivity index (χ3n) is 11.4. The number of carboxylic acids is 4. The Hall–Kier alpha value is -3.68. The molecule has 2 aromatic carbocycles. The molecular weight excluding hydrogens is 729 g/mol. The number of rotatable bonds is 34. The van der Waals surface area contributed by atoms with E-state index >= 15 is 0 Å². The van der Waals surface area contributed by atoms with Gasteiger partial charge in [0.15, 0.2) is 0 Å². The number of carboxylic acid groups (broad SMARTS) is 4. The average Bonchev–Trinajstić information content (AvgIpc) is 3.19. The van der Waals surface area contributed by atoms with E-state index in [1.807, 2.05) is 12.1 Å². The van der Waals surface area contributed by atoms with Gasteiger partial charge in [-0.05, 0) is 85.8 Å². The zero-order valence-corrected chi connectivity index (χ0v) is 36.9. The fraction of sp³-hybridized carbons (Fsp3) is 0.680. The van der Waals surface area contributed by atoms with E-state index in [2.05, 4.69) is 27.7 Å². The summed E-state index contributed by atoms with van der Waals surface area (Å²) in [5, 5.41) is 38.4. The molecule has 4 N–H and O–H groups in total. The summed E-state index contributed by atoms with van der Waals surface area (Å²) in [6.45, 7) is 8.81. The SMILES string of the molecule is CCCCCCCCCc1ccc(C(=O)O)c(C(=O)O)c1CCCCCCCCC.CCCCCCCCc1ccc(C(=O)O)c(C(=O)O)c1CCCCCCCC. The molecular formula is C50H80O8. The molecule has 2 rings (SSSR count). The van der Waals surface area contributed by atoms with Crippen LogP contribution in [-0.4, -0.2) is 44.3 Å². The molecule has 0 amide bonds. The number of aryl methyl sites for hydroxylation is 2. The van der Waals surface area contributed by atoms with Gasteiger partial charge in [0, 0.05) is 0 Å². The predicted octanol–water partition coefficient (Wildman–Crippen LogP) is 14.6. The van der Waals surface area contributed by atoms with Gasteiger partial charge in [-0.25, -0.2) is 19.2 Å². The second kappa shape index (κ2) is 33.2. The van der Waals surface area contributed by atoms with Gasteiger partial charge >= 0.3 is 23.9 Å². The van der Waals surface area contributed by atoms with Crippen LogP contribution in [0, 0.1) is 0 Å². The Balaban J connectivity index is 0.000000581. The van der Waals surface area contributed by atoms with E-state index in [-0.39, 0.29) is 22.3 Å². The summed E-state index contributed by atoms with van der Waals surface area (Å²) in [7, 11) is 0. The summed E-state index contributed by atoms with van der Waals surface area (Å²) in [5.74, 6) is -4.56. The Morgan fingerprint density at radius 1 is 0.328 bits per heavy atom. The standard InChI is InChI=1S/C26H42O4.C24H38O4/c1-3-5-7-9-11-13-15-17-21-19-20-23(25(27)28)24(26(29)30)22(21)18-16-14-12-10-8-6-4-2;1-3-5-7-9-11-13-15-19-17-18-21(23(25)26)22(24(27)28)20(19)16-14-12-10-8-6-4-2/h19-20H,3-18H2,1-2H3,(H,27,28)(H,29,30);17-18H,3-16H2,1-2H3,(H,25,26)(H,27,28). The molecule has 0 unspecified atom stereocenters. The van der Waals surface area contributed by atoms with Gasteiger partial charge in [-0.1, -0.05) is 181 Å². The Labute approximate surface area is 351 Å². The van der Waals surface area contributed by atoms with Crippen molar-refractivity contribution in [1.82, 2.24) is 0 Å². The fourth-order valence-corrected chi connectivity index (χ4v) is 7.98. The van der Waals surface area contributed by atoms with Crippen LogP contribution in [-0.2, 0) is 25.7 Å². The minimum Gasteiger partial charge on any atom is -0.478 e. The van der Waals surface area contributed by atoms with Crippen LogP contribution in [0.25, 0.3) is 0 Å². The molecule has 0 spiro atoms. The van der Waals surface area contributed by atoms with Crippen LogP contribution in [0.1, 0.15) is 258 Å². The molecule has 0 aliphatic carbocycles. The van der Waals surface area contributed by atoms with Crippen LogP contribution in [0.15, 0.2) is 24.3 Å². The van der Waals surface area contributed by atoms with Crippen molar-refractivity contribution in [1.29, 1.82) is 0 Å². The van der Waals surface area contributed by atoms with Crippen LogP contribution >= 0.6 is 0 Å². The molecule has 58 heavy (non-hydrogen) atoms. The summed E-state index contributed by atoms with van der Waals surface area (Å²) in [6, 6.07) is 6.65. The van der Waals surface area contributed by atoms with E-state index in [0.29, 0.717) is 12.8 Å². The predicted molar refractivity (Wildman–Crippen MR) is 238 cm³/mol. The van der Waals surface area contributed by atoms with Crippen LogP contribution in [0.2, 0.25) is 0 Å². The van der Waals surface area contributed by atoms with Crippen LogP contribution in [0.4, 0.5) is 0 Å². The summed E-state index contributed by atoms with van der Waals surface area (Å²) in [5.41, 5.74) is 3.39. The number of carbonyl (C=O) groups is 4. The second-order valence-electron chi connectivity index (χ2n) is 16.3. The lowest BCUT2D eigenvalue weighted by atomic mass is 9.89. The lowest BCUT2D eigenvalue weighted by Gasteiger charge is -2.15. The van der Waals surface area contributed by atoms with Crippen molar-refractivity contribution in [3.63, 3.8) is 0 Å². The maximum absolute atomic E-state index is 11.9. The average molecular weight is 809 g/mol. The fourth-order valence-electron chi connectivity index (χ4n) is 7.98. The maximum atomic E-state index is 11.9. The number of hydrogen-bond donors (Lipinski definition) is 4. The smallest absolute Gasteiger partial charge is 0.336 e. The molecule has 0 heterocycles. The van der Waals surface area contributed by atoms with Crippen molar-refractivity contribution in [2.75, 3.05) is 0 Å². The van der Waals surface area contributed by atoms with Gasteiger partial charge in [0.05, 0.1) is 22.3 Å². The lowest BCUT2D eigenvalue weighted by molar-refractivity contribution is 0.0650. The van der Waals surface area contributed by atoms with Crippen molar-refractivity contribution in [3.05, 3.63) is 68.8 Å². The lowest BCUT2D eigenvalue weighted by Crippen LogP contribution is -2.14. The topological polar surface area (TPSA) is 149 Å². The molecule has 0 radical (unpaired) electrons. The summed E-state index contributed by atoms with van der Waals surface area (Å²) < 4.78 is 0. The first-order valence-electron chi connectivity index (χ1n) is 23.3. The highest BCUT2D eigenvalue weighted by atomic mass is 16.4. The van der Waals surface area contributed by atoms with Crippen LogP contribution < -0.4 is 0 Å². The van der Waals surface area contributed by atoms with E-state index in [9.17, 15) is 39.6 Å². The molecule has 8 heteroatoms. The van der Waals surface area contributed by atoms with Crippen LogP contribution in [0.5, 0.6) is 0 Å². The van der Waals surface area contributed by atoms with Gasteiger partial charge in [-0.2, -0.15) is 0 Å². The Kier molecular flexibility index (Phi) is 29.9. The number of hydrogen-bond acceptors (Lipinski definition) is 4. The molecule has 328 valence electrons. The van der Waals surface area contributed by atoms with Crippen molar-refractivity contribution < 1.29 is 39.6 Å². The van der Waals surface area contributed by atoms with Gasteiger partial charge in [0.25, 0.3) is 0 Å². The minimum absolute atomic E-state index is 0.00420. The molecule has 0 saturated heterocycles. The summed E-state index contributed by atoms with van der Waals surface area (Å²) >= 11 is 0. The first kappa shape index (κ1) is 52.3. The summed E-state index contributed by atoms with van der Waals surface area (Å²) in [6.07, 6.45) is 33.5. The Bertz CT molecular complexity index is 1460. The van der Waals surface area contributed by atoms with E-state index in [1.165, 1.54) is 115 Å². The number of benzene rings is 2. The molecule has 2 aromatic rings. The first-order chi connectivity index (χ1) is 28.0. The van der Waals surface area contributed by atoms with Gasteiger partial charge in [0.1, 0.15) is 0 Å². The van der Waals surface area contributed by atoms with Crippen LogP contribution in [0.3, 0.4) is 0 Å². The highest BCUT2D eigenvalue weighted by Crippen LogP contribution is 2.27. The van der Waals surface area contributed by atoms with E-state index in [0.717, 1.165) is 99.3 Å². The largest absolute Gasteiger partial charge is 0.478 e. The minimum atomic E-state index is -1.16. The highest BCUT2D eigenvalue weighted by Gasteiger charge is 2.24. The molecule has 0 aliphatic rings. The van der Waals surface area contributed by atoms with E-state index in [1.54, 1.807) is 0 Å². The first-order valence-corrected chi connectivity index (χ1v) is 23.3. The summed E-state index contributed by atoms with van der Waals surface area (Å²) in [4.78, 5) is 46.9. The maximum Gasteiger partial charge on any atom is 0.336 e. The second-order valence-corrected chi connectivity index (χ2v) is 16.3.